The number of ether oxygens (including phenoxy) is 2. The molecule has 132 valence electrons. The summed E-state index contributed by atoms with van der Waals surface area (Å²) in [6.07, 6.45) is 0.650. The van der Waals surface area contributed by atoms with Crippen molar-refractivity contribution in [1.82, 2.24) is 10.3 Å². The van der Waals surface area contributed by atoms with E-state index in [2.05, 4.69) is 10.3 Å². The zero-order chi connectivity index (χ0) is 17.9. The van der Waals surface area contributed by atoms with Crippen LogP contribution in [0, 0.1) is 0 Å². The molecule has 1 aliphatic rings. The third kappa shape index (κ3) is 3.52. The van der Waals surface area contributed by atoms with Crippen molar-refractivity contribution >= 4 is 28.8 Å². The Kier molecular flexibility index (Phi) is 4.77. The number of fused-ring (bicyclic) bond motifs is 1. The number of carbonyl (C=O) groups is 1. The average molecular weight is 387 g/mol. The smallest absolute Gasteiger partial charge is 0.251 e. The third-order valence-corrected chi connectivity index (χ3v) is 5.21. The van der Waals surface area contributed by atoms with E-state index in [1.807, 2.05) is 29.6 Å². The van der Waals surface area contributed by atoms with E-state index in [1.54, 1.807) is 29.5 Å². The monoisotopic (exact) mass is 386 g/mol. The Morgan fingerprint density at radius 1 is 1.19 bits per heavy atom. The second kappa shape index (κ2) is 7.35. The highest BCUT2D eigenvalue weighted by molar-refractivity contribution is 7.13. The van der Waals surface area contributed by atoms with Crippen LogP contribution < -0.4 is 14.8 Å². The zero-order valence-electron chi connectivity index (χ0n) is 13.7. The van der Waals surface area contributed by atoms with Gasteiger partial charge in [0, 0.05) is 29.5 Å². The number of halogens is 1. The van der Waals surface area contributed by atoms with Crippen LogP contribution in [-0.4, -0.2) is 24.2 Å². The molecule has 3 aromatic rings. The van der Waals surface area contributed by atoms with Gasteiger partial charge in [0.05, 0.1) is 10.7 Å². The molecule has 1 N–H and O–H groups in total. The van der Waals surface area contributed by atoms with Gasteiger partial charge in [-0.2, -0.15) is 0 Å². The first-order valence-electron chi connectivity index (χ1n) is 8.08. The summed E-state index contributed by atoms with van der Waals surface area (Å²) in [5.74, 6) is 1.11. The molecular weight excluding hydrogens is 372 g/mol. The van der Waals surface area contributed by atoms with Gasteiger partial charge >= 0.3 is 0 Å². The van der Waals surface area contributed by atoms with Gasteiger partial charge in [-0.25, -0.2) is 4.98 Å². The second-order valence-electron chi connectivity index (χ2n) is 5.70. The first kappa shape index (κ1) is 16.9. The van der Waals surface area contributed by atoms with Crippen LogP contribution in [0.15, 0.2) is 47.8 Å². The Morgan fingerprint density at radius 2 is 2.04 bits per heavy atom. The van der Waals surface area contributed by atoms with Crippen LogP contribution >= 0.6 is 22.9 Å². The molecule has 0 saturated carbocycles. The normalized spacial score (nSPS) is 12.2. The molecule has 0 bridgehead atoms. The van der Waals surface area contributed by atoms with E-state index < -0.39 is 0 Å². The lowest BCUT2D eigenvalue weighted by Crippen LogP contribution is -2.25. The first-order chi connectivity index (χ1) is 12.7. The predicted molar refractivity (Wildman–Crippen MR) is 101 cm³/mol. The molecule has 4 rings (SSSR count). The van der Waals surface area contributed by atoms with Gasteiger partial charge < -0.3 is 14.8 Å². The number of hydrogen-bond acceptors (Lipinski definition) is 5. The number of benzene rings is 2. The van der Waals surface area contributed by atoms with Crippen LogP contribution in [0.2, 0.25) is 5.02 Å². The maximum atomic E-state index is 12.3. The van der Waals surface area contributed by atoms with Gasteiger partial charge in [0.1, 0.15) is 5.01 Å². The largest absolute Gasteiger partial charge is 0.454 e. The molecule has 0 atom stereocenters. The molecule has 0 aliphatic carbocycles. The van der Waals surface area contributed by atoms with Crippen molar-refractivity contribution < 1.29 is 14.3 Å². The Balaban J connectivity index is 1.35. The fraction of sp³-hybridized carbons (Fsp3) is 0.158. The van der Waals surface area contributed by atoms with Gasteiger partial charge in [-0.3, -0.25) is 4.79 Å². The molecular formula is C19H15ClN2O3S. The van der Waals surface area contributed by atoms with Crippen molar-refractivity contribution in [2.75, 3.05) is 13.3 Å². The maximum Gasteiger partial charge on any atom is 0.251 e. The maximum absolute atomic E-state index is 12.3. The van der Waals surface area contributed by atoms with Crippen LogP contribution in [0.3, 0.4) is 0 Å². The summed E-state index contributed by atoms with van der Waals surface area (Å²) in [5, 5.41) is 6.46. The number of thiazole rings is 1. The van der Waals surface area contributed by atoms with Crippen molar-refractivity contribution in [3.63, 3.8) is 0 Å². The lowest BCUT2D eigenvalue weighted by molar-refractivity contribution is 0.0953. The van der Waals surface area contributed by atoms with Gasteiger partial charge in [0.15, 0.2) is 11.5 Å². The van der Waals surface area contributed by atoms with Gasteiger partial charge in [-0.05, 0) is 24.3 Å². The average Bonchev–Trinajstić information content (AvgIpc) is 3.30. The molecule has 0 fully saturated rings. The van der Waals surface area contributed by atoms with Crippen LogP contribution in [0.1, 0.15) is 16.1 Å². The molecule has 26 heavy (non-hydrogen) atoms. The Bertz CT molecular complexity index is 957. The fourth-order valence-electron chi connectivity index (χ4n) is 2.62. The van der Waals surface area contributed by atoms with Gasteiger partial charge in [0.25, 0.3) is 5.91 Å². The predicted octanol–water partition coefficient (Wildman–Crippen LogP) is 4.16. The Morgan fingerprint density at radius 3 is 2.92 bits per heavy atom. The summed E-state index contributed by atoms with van der Waals surface area (Å²) in [6, 6.07) is 12.8. The summed E-state index contributed by atoms with van der Waals surface area (Å²) in [4.78, 5) is 16.9. The molecule has 1 aliphatic heterocycles. The molecule has 2 heterocycles. The van der Waals surface area contributed by atoms with Gasteiger partial charge in [-0.1, -0.05) is 29.8 Å². The number of nitrogens with zero attached hydrogens (tertiary/aromatic N) is 1. The lowest BCUT2D eigenvalue weighted by Gasteiger charge is -2.05. The highest BCUT2D eigenvalue weighted by Crippen LogP contribution is 2.32. The summed E-state index contributed by atoms with van der Waals surface area (Å²) in [6.45, 7) is 0.691. The van der Waals surface area contributed by atoms with Crippen molar-refractivity contribution in [3.8, 4) is 22.1 Å². The van der Waals surface area contributed by atoms with Crippen LogP contribution in [0.5, 0.6) is 11.5 Å². The van der Waals surface area contributed by atoms with E-state index >= 15 is 0 Å². The quantitative estimate of drug-likeness (QED) is 0.715. The standard InChI is InChI=1S/C19H15ClN2O3S/c20-15-4-2-1-3-14(15)19-22-13(10-26-19)7-8-21-18(23)12-5-6-16-17(9-12)25-11-24-16/h1-6,9-10H,7-8,11H2,(H,21,23). The Hall–Kier alpha value is -2.57. The number of carbonyl (C=O) groups excluding carboxylic acids is 1. The highest BCUT2D eigenvalue weighted by Gasteiger charge is 2.16. The van der Waals surface area contributed by atoms with E-state index in [0.717, 1.165) is 16.3 Å². The summed E-state index contributed by atoms with van der Waals surface area (Å²) in [7, 11) is 0. The van der Waals surface area contributed by atoms with Crippen LogP contribution in [0.25, 0.3) is 10.6 Å². The van der Waals surface area contributed by atoms with Crippen molar-refractivity contribution in [1.29, 1.82) is 0 Å². The van der Waals surface area contributed by atoms with Gasteiger partial charge in [0.2, 0.25) is 6.79 Å². The molecule has 7 heteroatoms. The number of amides is 1. The number of nitrogens with one attached hydrogen (secondary N) is 1. The number of rotatable bonds is 5. The minimum Gasteiger partial charge on any atom is -0.454 e. The van der Waals surface area contributed by atoms with Crippen molar-refractivity contribution in [2.24, 2.45) is 0 Å². The minimum atomic E-state index is -0.148. The first-order valence-corrected chi connectivity index (χ1v) is 9.33. The lowest BCUT2D eigenvalue weighted by atomic mass is 10.2. The molecule has 1 amide bonds. The summed E-state index contributed by atoms with van der Waals surface area (Å²) >= 11 is 7.76. The van der Waals surface area contributed by atoms with Crippen molar-refractivity contribution in [2.45, 2.75) is 6.42 Å². The highest BCUT2D eigenvalue weighted by atomic mass is 35.5. The molecule has 0 radical (unpaired) electrons. The topological polar surface area (TPSA) is 60.5 Å². The van der Waals surface area contributed by atoms with E-state index in [0.29, 0.717) is 35.1 Å². The Labute approximate surface area is 159 Å². The van der Waals surface area contributed by atoms with Crippen molar-refractivity contribution in [3.05, 3.63) is 64.1 Å². The molecule has 0 unspecified atom stereocenters. The number of hydrogen-bond donors (Lipinski definition) is 1. The second-order valence-corrected chi connectivity index (χ2v) is 6.96. The molecule has 0 spiro atoms. The van der Waals surface area contributed by atoms with E-state index in [9.17, 15) is 4.79 Å². The number of aromatic nitrogens is 1. The molecule has 0 saturated heterocycles. The summed E-state index contributed by atoms with van der Waals surface area (Å²) in [5.41, 5.74) is 2.40. The fourth-order valence-corrected chi connectivity index (χ4v) is 3.80. The molecule has 2 aromatic carbocycles. The zero-order valence-corrected chi connectivity index (χ0v) is 15.3. The van der Waals surface area contributed by atoms with Crippen LogP contribution in [0.4, 0.5) is 0 Å². The SMILES string of the molecule is O=C(NCCc1csc(-c2ccccc2Cl)n1)c1ccc2c(c1)OCO2. The minimum absolute atomic E-state index is 0.148. The van der Waals surface area contributed by atoms with E-state index in [4.69, 9.17) is 21.1 Å². The van der Waals surface area contributed by atoms with Crippen LogP contribution in [-0.2, 0) is 6.42 Å². The third-order valence-electron chi connectivity index (χ3n) is 3.96. The molecule has 1 aromatic heterocycles. The van der Waals surface area contributed by atoms with Gasteiger partial charge in [-0.15, -0.1) is 11.3 Å². The van der Waals surface area contributed by atoms with E-state index in [1.165, 1.54) is 0 Å². The van der Waals surface area contributed by atoms with E-state index in [-0.39, 0.29) is 12.7 Å². The summed E-state index contributed by atoms with van der Waals surface area (Å²) < 4.78 is 10.5. The molecule has 5 nitrogen and oxygen atoms in total.